The summed E-state index contributed by atoms with van der Waals surface area (Å²) in [6, 6.07) is 13.8. The van der Waals surface area contributed by atoms with Crippen molar-refractivity contribution >= 4 is 33.9 Å². The van der Waals surface area contributed by atoms with E-state index < -0.39 is 0 Å². The first-order valence-corrected chi connectivity index (χ1v) is 11.9. The lowest BCUT2D eigenvalue weighted by atomic mass is 10.0. The molecule has 1 fully saturated rings. The summed E-state index contributed by atoms with van der Waals surface area (Å²) in [7, 11) is 0. The van der Waals surface area contributed by atoms with E-state index >= 15 is 0 Å². The van der Waals surface area contributed by atoms with Crippen LogP contribution in [-0.2, 0) is 11.3 Å². The first-order chi connectivity index (χ1) is 15.9. The van der Waals surface area contributed by atoms with E-state index in [0.717, 1.165) is 52.9 Å². The van der Waals surface area contributed by atoms with Crippen LogP contribution in [0, 0.1) is 13.8 Å². The van der Waals surface area contributed by atoms with E-state index in [0.29, 0.717) is 30.4 Å². The van der Waals surface area contributed by atoms with E-state index in [2.05, 4.69) is 23.3 Å². The van der Waals surface area contributed by atoms with Gasteiger partial charge in [0, 0.05) is 29.8 Å². The largest absolute Gasteiger partial charge is 0.494 e. The number of rotatable bonds is 7. The Labute approximate surface area is 199 Å². The topological polar surface area (TPSA) is 66.6 Å². The van der Waals surface area contributed by atoms with Gasteiger partial charge in [-0.3, -0.25) is 4.79 Å². The molecule has 3 aromatic rings. The molecule has 0 spiro atoms. The van der Waals surface area contributed by atoms with Crippen molar-refractivity contribution in [3.63, 3.8) is 0 Å². The van der Waals surface area contributed by atoms with Gasteiger partial charge >= 0.3 is 0 Å². The highest BCUT2D eigenvalue weighted by Gasteiger charge is 2.22. The zero-order valence-electron chi connectivity index (χ0n) is 19.4. The smallest absolute Gasteiger partial charge is 0.253 e. The molecule has 0 aliphatic carbocycles. The molecule has 0 radical (unpaired) electrons. The minimum absolute atomic E-state index is 0.0857. The second-order valence-corrected chi connectivity index (χ2v) is 8.90. The third kappa shape index (κ3) is 5.54. The Morgan fingerprint density at radius 3 is 2.67 bits per heavy atom. The fourth-order valence-electron chi connectivity index (χ4n) is 4.20. The second-order valence-electron chi connectivity index (χ2n) is 8.51. The quantitative estimate of drug-likeness (QED) is 0.483. The molecular weight excluding hydrogens is 434 g/mol. The number of anilines is 1. The third-order valence-electron chi connectivity index (χ3n) is 6.03. The number of aryl methyl sites for hydroxylation is 2. The van der Waals surface area contributed by atoms with Gasteiger partial charge in [0.1, 0.15) is 5.75 Å². The van der Waals surface area contributed by atoms with Crippen molar-refractivity contribution < 1.29 is 9.47 Å². The molecule has 1 atom stereocenters. The van der Waals surface area contributed by atoms with Crippen molar-refractivity contribution in [2.75, 3.05) is 25.1 Å². The molecule has 6 nitrogen and oxygen atoms in total. The minimum atomic E-state index is -0.0857. The Morgan fingerprint density at radius 2 is 1.97 bits per heavy atom. The van der Waals surface area contributed by atoms with Gasteiger partial charge in [0.2, 0.25) is 0 Å². The minimum Gasteiger partial charge on any atom is -0.494 e. The van der Waals surface area contributed by atoms with Gasteiger partial charge in [0.05, 0.1) is 24.8 Å². The Bertz CT molecular complexity index is 1180. The highest BCUT2D eigenvalue weighted by molar-refractivity contribution is 7.80. The summed E-state index contributed by atoms with van der Waals surface area (Å²) in [6.45, 7) is 8.46. The van der Waals surface area contributed by atoms with E-state index in [4.69, 9.17) is 21.7 Å². The fourth-order valence-corrected chi connectivity index (χ4v) is 4.46. The number of H-pyrrole nitrogens is 1. The molecule has 1 aromatic heterocycles. The van der Waals surface area contributed by atoms with Crippen molar-refractivity contribution in [3.8, 4) is 5.75 Å². The molecule has 7 heteroatoms. The van der Waals surface area contributed by atoms with Crippen LogP contribution in [0.3, 0.4) is 0 Å². The maximum Gasteiger partial charge on any atom is 0.253 e. The van der Waals surface area contributed by atoms with Crippen LogP contribution in [0.4, 0.5) is 5.69 Å². The van der Waals surface area contributed by atoms with Crippen molar-refractivity contribution in [1.82, 2.24) is 9.88 Å². The van der Waals surface area contributed by atoms with Gasteiger partial charge in [-0.2, -0.15) is 0 Å². The monoisotopic (exact) mass is 465 g/mol. The lowest BCUT2D eigenvalue weighted by Gasteiger charge is -2.28. The van der Waals surface area contributed by atoms with E-state index in [1.807, 2.05) is 55.1 Å². The van der Waals surface area contributed by atoms with E-state index in [-0.39, 0.29) is 11.7 Å². The van der Waals surface area contributed by atoms with E-state index in [1.165, 1.54) is 0 Å². The maximum atomic E-state index is 13.0. The molecule has 1 aliphatic rings. The molecule has 33 heavy (non-hydrogen) atoms. The highest BCUT2D eigenvalue weighted by atomic mass is 32.1. The number of nitrogens with zero attached hydrogens (tertiary/aromatic N) is 1. The van der Waals surface area contributed by atoms with Crippen molar-refractivity contribution in [3.05, 3.63) is 69.5 Å². The SMILES string of the molecule is CCOc1ccc(NC(=S)N(Cc2cc3c(C)ccc(C)c3[nH]c2=O)C[C@@H]2CCCO2)cc1. The van der Waals surface area contributed by atoms with Crippen molar-refractivity contribution in [2.24, 2.45) is 0 Å². The van der Waals surface area contributed by atoms with Crippen LogP contribution in [0.1, 0.15) is 36.5 Å². The summed E-state index contributed by atoms with van der Waals surface area (Å²) in [4.78, 5) is 18.1. The zero-order valence-corrected chi connectivity index (χ0v) is 20.3. The van der Waals surface area contributed by atoms with Crippen LogP contribution in [0.15, 0.2) is 47.3 Å². The summed E-state index contributed by atoms with van der Waals surface area (Å²) in [5, 5.41) is 4.94. The van der Waals surface area contributed by atoms with Gasteiger partial charge in [0.25, 0.3) is 5.56 Å². The molecule has 0 unspecified atom stereocenters. The van der Waals surface area contributed by atoms with Crippen LogP contribution in [0.5, 0.6) is 5.75 Å². The second kappa shape index (κ2) is 10.4. The molecule has 1 aliphatic heterocycles. The molecule has 2 heterocycles. The summed E-state index contributed by atoms with van der Waals surface area (Å²) < 4.78 is 11.4. The molecular formula is C26H31N3O3S. The number of fused-ring (bicyclic) bond motifs is 1. The lowest BCUT2D eigenvalue weighted by molar-refractivity contribution is 0.0904. The Hall–Kier alpha value is -2.90. The number of aromatic amines is 1. The van der Waals surface area contributed by atoms with Gasteiger partial charge < -0.3 is 24.7 Å². The highest BCUT2D eigenvalue weighted by Crippen LogP contribution is 2.22. The Balaban J connectivity index is 1.59. The predicted octanol–water partition coefficient (Wildman–Crippen LogP) is 4.92. The summed E-state index contributed by atoms with van der Waals surface area (Å²) in [5.74, 6) is 0.818. The zero-order chi connectivity index (χ0) is 23.4. The predicted molar refractivity (Wildman–Crippen MR) is 137 cm³/mol. The van der Waals surface area contributed by atoms with E-state index in [1.54, 1.807) is 0 Å². The van der Waals surface area contributed by atoms with E-state index in [9.17, 15) is 4.79 Å². The van der Waals surface area contributed by atoms with Gasteiger partial charge in [-0.1, -0.05) is 12.1 Å². The van der Waals surface area contributed by atoms with Crippen LogP contribution < -0.4 is 15.6 Å². The Kier molecular flexibility index (Phi) is 7.30. The number of pyridine rings is 1. The molecule has 0 amide bonds. The molecule has 0 bridgehead atoms. The molecule has 4 rings (SSSR count). The van der Waals surface area contributed by atoms with Crippen molar-refractivity contribution in [1.29, 1.82) is 0 Å². The number of thiocarbonyl (C=S) groups is 1. The normalized spacial score (nSPS) is 15.5. The van der Waals surface area contributed by atoms with Crippen LogP contribution >= 0.6 is 12.2 Å². The maximum absolute atomic E-state index is 13.0. The molecule has 0 saturated carbocycles. The molecule has 2 N–H and O–H groups in total. The summed E-state index contributed by atoms with van der Waals surface area (Å²) in [5.41, 5.74) is 4.56. The molecule has 2 aromatic carbocycles. The average Bonchev–Trinajstić information content (AvgIpc) is 3.31. The number of benzene rings is 2. The lowest BCUT2D eigenvalue weighted by Crippen LogP contribution is -2.40. The van der Waals surface area contributed by atoms with Crippen LogP contribution in [0.25, 0.3) is 10.9 Å². The average molecular weight is 466 g/mol. The number of aromatic nitrogens is 1. The van der Waals surface area contributed by atoms with Gasteiger partial charge in [-0.15, -0.1) is 0 Å². The summed E-state index contributed by atoms with van der Waals surface area (Å²) in [6.07, 6.45) is 2.15. The number of ether oxygens (including phenoxy) is 2. The first kappa shape index (κ1) is 23.3. The van der Waals surface area contributed by atoms with Crippen LogP contribution in [-0.4, -0.2) is 40.9 Å². The van der Waals surface area contributed by atoms with Crippen molar-refractivity contribution in [2.45, 2.75) is 46.3 Å². The third-order valence-corrected chi connectivity index (χ3v) is 6.39. The number of hydrogen-bond donors (Lipinski definition) is 2. The molecule has 1 saturated heterocycles. The fraction of sp³-hybridized carbons (Fsp3) is 0.385. The van der Waals surface area contributed by atoms with Crippen LogP contribution in [0.2, 0.25) is 0 Å². The van der Waals surface area contributed by atoms with Gasteiger partial charge in [-0.05, 0) is 87.3 Å². The number of hydrogen-bond acceptors (Lipinski definition) is 4. The Morgan fingerprint density at radius 1 is 1.21 bits per heavy atom. The van der Waals surface area contributed by atoms with Gasteiger partial charge in [-0.25, -0.2) is 0 Å². The summed E-state index contributed by atoms with van der Waals surface area (Å²) >= 11 is 5.78. The molecule has 174 valence electrons. The number of nitrogens with one attached hydrogen (secondary N) is 2. The van der Waals surface area contributed by atoms with Gasteiger partial charge in [0.15, 0.2) is 5.11 Å². The first-order valence-electron chi connectivity index (χ1n) is 11.5. The standard InChI is InChI=1S/C26H31N3O3S/c1-4-31-21-11-9-20(10-12-21)27-26(33)29(16-22-6-5-13-32-22)15-19-14-23-17(2)7-8-18(3)24(23)28-25(19)30/h7-12,14,22H,4-6,13,15-16H2,1-3H3,(H,27,33)(H,28,30)/t22-/m0/s1.